The van der Waals surface area contributed by atoms with Gasteiger partial charge in [0.05, 0.1) is 11.1 Å². The van der Waals surface area contributed by atoms with Crippen molar-refractivity contribution in [3.05, 3.63) is 65.2 Å². The van der Waals surface area contributed by atoms with Gasteiger partial charge in [-0.1, -0.05) is 31.0 Å². The summed E-state index contributed by atoms with van der Waals surface area (Å²) in [5, 5.41) is 2.07. The molecule has 1 fully saturated rings. The lowest BCUT2D eigenvalue weighted by Crippen LogP contribution is -2.40. The molecule has 2 aromatic carbocycles. The van der Waals surface area contributed by atoms with Gasteiger partial charge in [0.1, 0.15) is 5.82 Å². The van der Waals surface area contributed by atoms with Crippen LogP contribution in [0.4, 0.5) is 23.2 Å². The first-order chi connectivity index (χ1) is 13.8. The zero-order chi connectivity index (χ0) is 21.2. The first-order valence-corrected chi connectivity index (χ1v) is 9.17. The van der Waals surface area contributed by atoms with Crippen molar-refractivity contribution in [2.45, 2.75) is 44.1 Å². The standard InChI is InChI=1S/C21H19F4NO3/c1-12(19(27)26-16-9-8-15(23)17(24)18(16)25)29-20(28)21(10-4-5-11-21)13-6-2-3-7-14(13)22/h2-3,6-9,12H,4-5,10-11H2,1H3,(H,26,27)/t12-/m0/s1. The van der Waals surface area contributed by atoms with E-state index in [0.29, 0.717) is 31.7 Å². The Balaban J connectivity index is 1.76. The fraction of sp³-hybridized carbons (Fsp3) is 0.333. The van der Waals surface area contributed by atoms with Gasteiger partial charge >= 0.3 is 5.97 Å². The lowest BCUT2D eigenvalue weighted by Gasteiger charge is -2.29. The van der Waals surface area contributed by atoms with Crippen molar-refractivity contribution in [3.63, 3.8) is 0 Å². The van der Waals surface area contributed by atoms with Crippen LogP contribution >= 0.6 is 0 Å². The lowest BCUT2D eigenvalue weighted by atomic mass is 9.78. The normalized spacial score (nSPS) is 16.3. The second-order valence-electron chi connectivity index (χ2n) is 7.03. The molecule has 1 amide bonds. The zero-order valence-corrected chi connectivity index (χ0v) is 15.6. The number of anilines is 1. The van der Waals surface area contributed by atoms with Crippen molar-refractivity contribution >= 4 is 17.6 Å². The highest BCUT2D eigenvalue weighted by molar-refractivity contribution is 5.96. The third kappa shape index (κ3) is 3.97. The van der Waals surface area contributed by atoms with Crippen LogP contribution in [0.15, 0.2) is 36.4 Å². The van der Waals surface area contributed by atoms with Gasteiger partial charge in [0.25, 0.3) is 5.91 Å². The van der Waals surface area contributed by atoms with Crippen LogP contribution in [0.1, 0.15) is 38.2 Å². The van der Waals surface area contributed by atoms with Gasteiger partial charge in [0.2, 0.25) is 0 Å². The number of ether oxygens (including phenoxy) is 1. The number of carbonyl (C=O) groups is 2. The minimum atomic E-state index is -1.73. The molecule has 0 unspecified atom stereocenters. The Morgan fingerprint density at radius 3 is 2.28 bits per heavy atom. The summed E-state index contributed by atoms with van der Waals surface area (Å²) in [4.78, 5) is 25.2. The smallest absolute Gasteiger partial charge is 0.317 e. The molecule has 1 aliphatic carbocycles. The maximum atomic E-state index is 14.4. The highest BCUT2D eigenvalue weighted by Gasteiger charge is 2.46. The van der Waals surface area contributed by atoms with Crippen LogP contribution in [-0.4, -0.2) is 18.0 Å². The molecule has 0 heterocycles. The predicted molar refractivity (Wildman–Crippen MR) is 97.0 cm³/mol. The van der Waals surface area contributed by atoms with Crippen LogP contribution in [0.2, 0.25) is 0 Å². The van der Waals surface area contributed by atoms with Crippen molar-refractivity contribution in [3.8, 4) is 0 Å². The number of carbonyl (C=O) groups excluding carboxylic acids is 2. The first-order valence-electron chi connectivity index (χ1n) is 9.17. The van der Waals surface area contributed by atoms with Crippen LogP contribution < -0.4 is 5.32 Å². The van der Waals surface area contributed by atoms with Crippen LogP contribution in [0.3, 0.4) is 0 Å². The van der Waals surface area contributed by atoms with E-state index < -0.39 is 52.4 Å². The average molecular weight is 409 g/mol. The molecule has 0 radical (unpaired) electrons. The molecule has 1 atom stereocenters. The molecular weight excluding hydrogens is 390 g/mol. The molecule has 0 saturated heterocycles. The Hall–Kier alpha value is -2.90. The van der Waals surface area contributed by atoms with Crippen LogP contribution in [-0.2, 0) is 19.7 Å². The summed E-state index contributed by atoms with van der Waals surface area (Å²) in [5.74, 6) is -6.90. The molecule has 0 aliphatic heterocycles. The van der Waals surface area contributed by atoms with E-state index in [1.165, 1.54) is 25.1 Å². The summed E-state index contributed by atoms with van der Waals surface area (Å²) in [6, 6.07) is 7.43. The van der Waals surface area contributed by atoms with Gasteiger partial charge < -0.3 is 10.1 Å². The largest absolute Gasteiger partial charge is 0.452 e. The zero-order valence-electron chi connectivity index (χ0n) is 15.6. The van der Waals surface area contributed by atoms with Gasteiger partial charge in [0.15, 0.2) is 23.6 Å². The van der Waals surface area contributed by atoms with Gasteiger partial charge in [-0.2, -0.15) is 0 Å². The van der Waals surface area contributed by atoms with Gasteiger partial charge in [-0.3, -0.25) is 9.59 Å². The second kappa shape index (κ2) is 8.23. The number of nitrogens with one attached hydrogen (secondary N) is 1. The number of hydrogen-bond acceptors (Lipinski definition) is 3. The Kier molecular flexibility index (Phi) is 5.91. The molecule has 29 heavy (non-hydrogen) atoms. The van der Waals surface area contributed by atoms with Crippen molar-refractivity contribution in [2.24, 2.45) is 0 Å². The molecule has 0 aromatic heterocycles. The van der Waals surface area contributed by atoms with E-state index in [0.717, 1.165) is 6.07 Å². The summed E-state index contributed by atoms with van der Waals surface area (Å²) in [6.07, 6.45) is 0.783. The van der Waals surface area contributed by atoms with Crippen molar-refractivity contribution in [1.82, 2.24) is 0 Å². The number of halogens is 4. The predicted octanol–water partition coefficient (Wildman–Crippen LogP) is 4.63. The van der Waals surface area contributed by atoms with Gasteiger partial charge in [-0.25, -0.2) is 17.6 Å². The van der Waals surface area contributed by atoms with E-state index >= 15 is 0 Å². The summed E-state index contributed by atoms with van der Waals surface area (Å²) in [7, 11) is 0. The van der Waals surface area contributed by atoms with Crippen molar-refractivity contribution in [2.75, 3.05) is 5.32 Å². The van der Waals surface area contributed by atoms with Crippen molar-refractivity contribution in [1.29, 1.82) is 0 Å². The third-order valence-electron chi connectivity index (χ3n) is 5.18. The van der Waals surface area contributed by atoms with E-state index in [2.05, 4.69) is 5.32 Å². The highest BCUT2D eigenvalue weighted by Crippen LogP contribution is 2.43. The topological polar surface area (TPSA) is 55.4 Å². The number of rotatable bonds is 5. The van der Waals surface area contributed by atoms with E-state index in [1.807, 2.05) is 0 Å². The quantitative estimate of drug-likeness (QED) is 0.445. The number of hydrogen-bond donors (Lipinski definition) is 1. The fourth-order valence-electron chi connectivity index (χ4n) is 3.59. The maximum Gasteiger partial charge on any atom is 0.317 e. The summed E-state index contributed by atoms with van der Waals surface area (Å²) >= 11 is 0. The molecule has 8 heteroatoms. The second-order valence-corrected chi connectivity index (χ2v) is 7.03. The molecule has 0 bridgehead atoms. The van der Waals surface area contributed by atoms with Gasteiger partial charge in [-0.05, 0) is 38.0 Å². The molecule has 4 nitrogen and oxygen atoms in total. The Bertz CT molecular complexity index is 942. The molecule has 3 rings (SSSR count). The van der Waals surface area contributed by atoms with Crippen LogP contribution in [0, 0.1) is 23.3 Å². The maximum absolute atomic E-state index is 14.4. The van der Waals surface area contributed by atoms with Crippen LogP contribution in [0.25, 0.3) is 0 Å². The minimum absolute atomic E-state index is 0.210. The van der Waals surface area contributed by atoms with E-state index in [9.17, 15) is 27.2 Å². The summed E-state index contributed by atoms with van der Waals surface area (Å²) in [5.41, 5.74) is -1.57. The van der Waals surface area contributed by atoms with E-state index in [4.69, 9.17) is 4.74 Å². The van der Waals surface area contributed by atoms with Gasteiger partial charge in [0, 0.05) is 5.56 Å². The molecular formula is C21H19F4NO3. The van der Waals surface area contributed by atoms with Crippen molar-refractivity contribution < 1.29 is 31.9 Å². The molecule has 1 aliphatic rings. The molecule has 2 aromatic rings. The molecule has 0 spiro atoms. The highest BCUT2D eigenvalue weighted by atomic mass is 19.2. The average Bonchev–Trinajstić information content (AvgIpc) is 3.19. The number of benzene rings is 2. The van der Waals surface area contributed by atoms with E-state index in [-0.39, 0.29) is 5.56 Å². The molecule has 154 valence electrons. The fourth-order valence-corrected chi connectivity index (χ4v) is 3.59. The summed E-state index contributed by atoms with van der Waals surface area (Å²) in [6.45, 7) is 1.26. The summed E-state index contributed by atoms with van der Waals surface area (Å²) < 4.78 is 59.7. The lowest BCUT2D eigenvalue weighted by molar-refractivity contribution is -0.159. The molecule has 1 N–H and O–H groups in total. The van der Waals surface area contributed by atoms with E-state index in [1.54, 1.807) is 6.07 Å². The molecule has 1 saturated carbocycles. The third-order valence-corrected chi connectivity index (χ3v) is 5.18. The first kappa shape index (κ1) is 20.8. The Labute approximate surface area is 164 Å². The van der Waals surface area contributed by atoms with Gasteiger partial charge in [-0.15, -0.1) is 0 Å². The Morgan fingerprint density at radius 2 is 1.62 bits per heavy atom. The SMILES string of the molecule is C[C@H](OC(=O)C1(c2ccccc2F)CCCC1)C(=O)Nc1ccc(F)c(F)c1F. The Morgan fingerprint density at radius 1 is 0.966 bits per heavy atom. The minimum Gasteiger partial charge on any atom is -0.452 e. The monoisotopic (exact) mass is 409 g/mol. The number of esters is 1. The number of amides is 1. The van der Waals surface area contributed by atoms with Crippen LogP contribution in [0.5, 0.6) is 0 Å².